The highest BCUT2D eigenvalue weighted by molar-refractivity contribution is 7.91. The highest BCUT2D eigenvalue weighted by atomic mass is 35.5. The molecule has 0 aromatic carbocycles. The molecule has 0 unspecified atom stereocenters. The molecule has 0 radical (unpaired) electrons. The fourth-order valence-corrected chi connectivity index (χ4v) is 1.56. The molecular formula is C6H7ClN2O4S. The van der Waals surface area contributed by atoms with Crippen molar-refractivity contribution in [3.63, 3.8) is 0 Å². The Morgan fingerprint density at radius 1 is 1.64 bits per heavy atom. The van der Waals surface area contributed by atoms with Crippen LogP contribution >= 0.6 is 11.6 Å². The number of carboxylic acids is 1. The Balaban J connectivity index is 3.14. The quantitative estimate of drug-likeness (QED) is 0.795. The van der Waals surface area contributed by atoms with Crippen molar-refractivity contribution in [1.29, 1.82) is 0 Å². The van der Waals surface area contributed by atoms with Crippen molar-refractivity contribution in [3.05, 3.63) is 23.0 Å². The molecule has 1 rings (SSSR count). The van der Waals surface area contributed by atoms with E-state index in [1.807, 2.05) is 4.83 Å². The van der Waals surface area contributed by atoms with Crippen LogP contribution in [0.15, 0.2) is 12.3 Å². The summed E-state index contributed by atoms with van der Waals surface area (Å²) in [4.78, 5) is 12.6. The summed E-state index contributed by atoms with van der Waals surface area (Å²) in [5, 5.41) is 8.80. The lowest BCUT2D eigenvalue weighted by Gasteiger charge is -2.06. The average Bonchev–Trinajstić information content (AvgIpc) is 2.27. The maximum Gasteiger partial charge on any atom is 0.354 e. The molecule has 0 aliphatic carbocycles. The van der Waals surface area contributed by atoms with Crippen LogP contribution in [0.3, 0.4) is 0 Å². The molecule has 1 aromatic rings. The van der Waals surface area contributed by atoms with Crippen LogP contribution in [0.5, 0.6) is 0 Å². The zero-order chi connectivity index (χ0) is 10.9. The lowest BCUT2D eigenvalue weighted by Crippen LogP contribution is -2.24. The van der Waals surface area contributed by atoms with Crippen LogP contribution < -0.4 is 4.83 Å². The maximum absolute atomic E-state index is 10.8. The third kappa shape index (κ3) is 2.64. The van der Waals surface area contributed by atoms with E-state index in [4.69, 9.17) is 16.7 Å². The van der Waals surface area contributed by atoms with Crippen molar-refractivity contribution >= 4 is 27.6 Å². The van der Waals surface area contributed by atoms with Gasteiger partial charge in [0, 0.05) is 6.20 Å². The third-order valence-corrected chi connectivity index (χ3v) is 2.00. The Morgan fingerprint density at radius 2 is 2.21 bits per heavy atom. The monoisotopic (exact) mass is 238 g/mol. The van der Waals surface area contributed by atoms with Gasteiger partial charge in [-0.2, -0.15) is 0 Å². The van der Waals surface area contributed by atoms with Gasteiger partial charge >= 0.3 is 5.97 Å². The molecule has 0 spiro atoms. The van der Waals surface area contributed by atoms with Crippen molar-refractivity contribution in [2.24, 2.45) is 0 Å². The smallest absolute Gasteiger partial charge is 0.354 e. The molecule has 1 heterocycles. The number of halogens is 1. The van der Waals surface area contributed by atoms with E-state index in [1.165, 1.54) is 0 Å². The lowest BCUT2D eigenvalue weighted by molar-refractivity contribution is 0.0687. The number of aromatic nitrogens is 1. The summed E-state index contributed by atoms with van der Waals surface area (Å²) in [6.45, 7) is 0. The van der Waals surface area contributed by atoms with E-state index in [2.05, 4.69) is 0 Å². The number of aromatic carboxylic acids is 1. The molecule has 0 saturated heterocycles. The minimum Gasteiger partial charge on any atom is -0.477 e. The summed E-state index contributed by atoms with van der Waals surface area (Å²) in [6.07, 6.45) is 2.07. The number of carboxylic acid groups (broad SMARTS) is 1. The molecule has 2 N–H and O–H groups in total. The first-order chi connectivity index (χ1) is 6.29. The molecule has 78 valence electrons. The van der Waals surface area contributed by atoms with Crippen LogP contribution in [0.4, 0.5) is 0 Å². The third-order valence-electron chi connectivity index (χ3n) is 1.27. The number of sulfonamides is 1. The standard InChI is InChI=1S/C6H7ClN2O4S/c1-14(12,13)8-9-3-4(7)2-5(9)6(10)11/h2-3,8H,1H3,(H,10,11). The van der Waals surface area contributed by atoms with Gasteiger partial charge in [-0.15, -0.1) is 0 Å². The Morgan fingerprint density at radius 3 is 2.64 bits per heavy atom. The fraction of sp³-hybridized carbons (Fsp3) is 0.167. The van der Waals surface area contributed by atoms with Gasteiger partial charge in [0.25, 0.3) is 0 Å². The largest absolute Gasteiger partial charge is 0.477 e. The first-order valence-electron chi connectivity index (χ1n) is 3.38. The first kappa shape index (κ1) is 10.9. The topological polar surface area (TPSA) is 88.4 Å². The van der Waals surface area contributed by atoms with Crippen LogP contribution in [0.2, 0.25) is 5.02 Å². The van der Waals surface area contributed by atoms with Gasteiger partial charge in [-0.25, -0.2) is 22.7 Å². The molecule has 1 aromatic heterocycles. The summed E-state index contributed by atoms with van der Waals surface area (Å²) < 4.78 is 22.5. The first-order valence-corrected chi connectivity index (χ1v) is 5.65. The van der Waals surface area contributed by atoms with Gasteiger partial charge in [0.15, 0.2) is 0 Å². The van der Waals surface area contributed by atoms with Crippen molar-refractivity contribution in [2.45, 2.75) is 0 Å². The second kappa shape index (κ2) is 3.50. The van der Waals surface area contributed by atoms with E-state index >= 15 is 0 Å². The second-order valence-corrected chi connectivity index (χ2v) is 4.75. The van der Waals surface area contributed by atoms with E-state index in [1.54, 1.807) is 0 Å². The Bertz CT molecular complexity index is 464. The van der Waals surface area contributed by atoms with Crippen LogP contribution in [-0.2, 0) is 10.0 Å². The van der Waals surface area contributed by atoms with E-state index < -0.39 is 16.0 Å². The molecule has 0 amide bonds. The normalized spacial score (nSPS) is 11.3. The number of hydrogen-bond acceptors (Lipinski definition) is 3. The molecule has 0 fully saturated rings. The van der Waals surface area contributed by atoms with Gasteiger partial charge in [0.2, 0.25) is 10.0 Å². The minimum atomic E-state index is -3.53. The summed E-state index contributed by atoms with van der Waals surface area (Å²) in [5.41, 5.74) is -0.250. The minimum absolute atomic E-state index is 0.138. The van der Waals surface area contributed by atoms with Crippen molar-refractivity contribution in [2.75, 3.05) is 11.1 Å². The predicted molar refractivity (Wildman–Crippen MR) is 50.6 cm³/mol. The predicted octanol–water partition coefficient (Wildman–Crippen LogP) is 0.343. The van der Waals surface area contributed by atoms with Gasteiger partial charge in [0.1, 0.15) is 5.69 Å². The maximum atomic E-state index is 10.8. The molecular weight excluding hydrogens is 232 g/mol. The summed E-state index contributed by atoms with van der Waals surface area (Å²) in [7, 11) is -3.53. The Kier molecular flexibility index (Phi) is 2.72. The molecule has 0 aliphatic heterocycles. The fourth-order valence-electron chi connectivity index (χ4n) is 0.849. The van der Waals surface area contributed by atoms with Crippen molar-refractivity contribution in [3.8, 4) is 0 Å². The number of nitrogens with zero attached hydrogens (tertiary/aromatic N) is 1. The second-order valence-electron chi connectivity index (χ2n) is 2.58. The molecule has 0 bridgehead atoms. The van der Waals surface area contributed by atoms with Gasteiger partial charge in [-0.3, -0.25) is 0 Å². The zero-order valence-corrected chi connectivity index (χ0v) is 8.63. The van der Waals surface area contributed by atoms with Crippen LogP contribution in [0.1, 0.15) is 10.5 Å². The summed E-state index contributed by atoms with van der Waals surface area (Å²) >= 11 is 5.52. The molecule has 14 heavy (non-hydrogen) atoms. The average molecular weight is 239 g/mol. The molecule has 6 nitrogen and oxygen atoms in total. The lowest BCUT2D eigenvalue weighted by atomic mass is 10.4. The van der Waals surface area contributed by atoms with Crippen molar-refractivity contribution < 1.29 is 18.3 Å². The molecule has 0 saturated carbocycles. The number of carbonyl (C=O) groups is 1. The Hall–Kier alpha value is -1.21. The number of nitrogens with one attached hydrogen (secondary N) is 1. The van der Waals surface area contributed by atoms with Gasteiger partial charge in [-0.1, -0.05) is 11.6 Å². The number of rotatable bonds is 3. The van der Waals surface area contributed by atoms with E-state index in [-0.39, 0.29) is 10.7 Å². The highest BCUT2D eigenvalue weighted by Gasteiger charge is 2.13. The van der Waals surface area contributed by atoms with E-state index in [0.29, 0.717) is 0 Å². The molecule has 0 aliphatic rings. The number of hydrogen-bond donors (Lipinski definition) is 2. The van der Waals surface area contributed by atoms with Crippen molar-refractivity contribution in [1.82, 2.24) is 4.68 Å². The summed E-state index contributed by atoms with van der Waals surface area (Å²) in [6, 6.07) is 1.14. The summed E-state index contributed by atoms with van der Waals surface area (Å²) in [5.74, 6) is -1.27. The van der Waals surface area contributed by atoms with Crippen LogP contribution in [0.25, 0.3) is 0 Å². The highest BCUT2D eigenvalue weighted by Crippen LogP contribution is 2.12. The molecule has 0 atom stereocenters. The zero-order valence-electron chi connectivity index (χ0n) is 7.06. The van der Waals surface area contributed by atoms with Gasteiger partial charge < -0.3 is 5.11 Å². The van der Waals surface area contributed by atoms with Gasteiger partial charge in [0.05, 0.1) is 11.3 Å². The van der Waals surface area contributed by atoms with Gasteiger partial charge in [-0.05, 0) is 6.07 Å². The Labute approximate surface area is 85.1 Å². The molecule has 8 heteroatoms. The van der Waals surface area contributed by atoms with Crippen LogP contribution in [-0.4, -0.2) is 30.4 Å². The van der Waals surface area contributed by atoms with E-state index in [9.17, 15) is 13.2 Å². The SMILES string of the molecule is CS(=O)(=O)Nn1cc(Cl)cc1C(=O)O. The van der Waals surface area contributed by atoms with E-state index in [0.717, 1.165) is 23.2 Å². The van der Waals surface area contributed by atoms with Crippen LogP contribution in [0, 0.1) is 0 Å².